The van der Waals surface area contributed by atoms with Crippen LogP contribution in [0, 0.1) is 5.41 Å². The van der Waals surface area contributed by atoms with E-state index in [0.717, 1.165) is 18.8 Å². The molecular formula is C13H18N2O. The maximum absolute atomic E-state index is 5.69. The van der Waals surface area contributed by atoms with Crippen molar-refractivity contribution in [2.75, 3.05) is 6.61 Å². The molecule has 1 aromatic rings. The fourth-order valence-corrected chi connectivity index (χ4v) is 2.57. The number of nitrogens with two attached hydrogens (primary N) is 1. The van der Waals surface area contributed by atoms with E-state index in [1.165, 1.54) is 24.0 Å². The minimum absolute atomic E-state index is 0.276. The minimum Gasteiger partial charge on any atom is -0.493 e. The zero-order chi connectivity index (χ0) is 11.2. The third-order valence-corrected chi connectivity index (χ3v) is 3.95. The van der Waals surface area contributed by atoms with Crippen LogP contribution in [0.25, 0.3) is 0 Å². The van der Waals surface area contributed by atoms with E-state index in [1.807, 2.05) is 0 Å². The number of hydrogen-bond donors (Lipinski definition) is 2. The summed E-state index contributed by atoms with van der Waals surface area (Å²) in [6.07, 6.45) is 3.54. The summed E-state index contributed by atoms with van der Waals surface area (Å²) in [6, 6.07) is 6.74. The molecule has 1 heterocycles. The van der Waals surface area contributed by atoms with Crippen molar-refractivity contribution < 1.29 is 4.74 Å². The topological polar surface area (TPSA) is 47.3 Å². The van der Waals surface area contributed by atoms with E-state index in [0.29, 0.717) is 5.41 Å². The lowest BCUT2D eigenvalue weighted by molar-refractivity contribution is 0.356. The summed E-state index contributed by atoms with van der Waals surface area (Å²) in [6.45, 7) is 3.11. The van der Waals surface area contributed by atoms with Gasteiger partial charge in [-0.05, 0) is 35.4 Å². The van der Waals surface area contributed by atoms with Gasteiger partial charge in [-0.3, -0.25) is 11.3 Å². The van der Waals surface area contributed by atoms with Crippen LogP contribution >= 0.6 is 0 Å². The maximum atomic E-state index is 5.69. The van der Waals surface area contributed by atoms with Gasteiger partial charge < -0.3 is 4.74 Å². The van der Waals surface area contributed by atoms with Gasteiger partial charge in [-0.15, -0.1) is 0 Å². The fraction of sp³-hybridized carbons (Fsp3) is 0.538. The molecule has 3 N–H and O–H groups in total. The zero-order valence-electron chi connectivity index (χ0n) is 9.62. The smallest absolute Gasteiger partial charge is 0.122 e. The van der Waals surface area contributed by atoms with Crippen LogP contribution in [0.3, 0.4) is 0 Å². The Morgan fingerprint density at radius 3 is 2.94 bits per heavy atom. The van der Waals surface area contributed by atoms with Crippen LogP contribution in [0.4, 0.5) is 0 Å². The van der Waals surface area contributed by atoms with Crippen LogP contribution in [0.1, 0.15) is 36.9 Å². The Bertz CT molecular complexity index is 412. The van der Waals surface area contributed by atoms with Gasteiger partial charge >= 0.3 is 0 Å². The molecule has 1 aliphatic heterocycles. The second-order valence-electron chi connectivity index (χ2n) is 5.22. The second kappa shape index (κ2) is 3.47. The molecule has 0 saturated heterocycles. The quantitative estimate of drug-likeness (QED) is 0.602. The summed E-state index contributed by atoms with van der Waals surface area (Å²) < 4.78 is 5.52. The van der Waals surface area contributed by atoms with Crippen molar-refractivity contribution in [1.29, 1.82) is 0 Å². The monoisotopic (exact) mass is 218 g/mol. The fourth-order valence-electron chi connectivity index (χ4n) is 2.57. The molecule has 3 heteroatoms. The molecule has 1 saturated carbocycles. The molecule has 1 atom stereocenters. The Kier molecular flexibility index (Phi) is 2.19. The summed E-state index contributed by atoms with van der Waals surface area (Å²) in [5, 5.41) is 0. The molecule has 3 rings (SSSR count). The highest BCUT2D eigenvalue weighted by Crippen LogP contribution is 2.54. The van der Waals surface area contributed by atoms with Crippen molar-refractivity contribution in [3.63, 3.8) is 0 Å². The average molecular weight is 218 g/mol. The summed E-state index contributed by atoms with van der Waals surface area (Å²) >= 11 is 0. The van der Waals surface area contributed by atoms with Crippen molar-refractivity contribution in [3.8, 4) is 5.75 Å². The van der Waals surface area contributed by atoms with Gasteiger partial charge in [-0.1, -0.05) is 19.1 Å². The summed E-state index contributed by atoms with van der Waals surface area (Å²) in [4.78, 5) is 0. The number of ether oxygens (including phenoxy) is 1. The zero-order valence-corrected chi connectivity index (χ0v) is 9.62. The first kappa shape index (κ1) is 10.1. The maximum Gasteiger partial charge on any atom is 0.122 e. The lowest BCUT2D eigenvalue weighted by Crippen LogP contribution is -2.33. The van der Waals surface area contributed by atoms with Crippen molar-refractivity contribution in [2.45, 2.75) is 32.2 Å². The molecule has 0 aromatic heterocycles. The van der Waals surface area contributed by atoms with E-state index in [9.17, 15) is 0 Å². The van der Waals surface area contributed by atoms with E-state index in [1.54, 1.807) is 0 Å². The van der Waals surface area contributed by atoms with Gasteiger partial charge in [0.2, 0.25) is 0 Å². The first-order valence-corrected chi connectivity index (χ1v) is 5.95. The number of rotatable bonds is 3. The van der Waals surface area contributed by atoms with Crippen molar-refractivity contribution in [1.82, 2.24) is 5.43 Å². The van der Waals surface area contributed by atoms with Gasteiger partial charge in [0.25, 0.3) is 0 Å². The van der Waals surface area contributed by atoms with Gasteiger partial charge in [0.15, 0.2) is 0 Å². The number of hydrogen-bond acceptors (Lipinski definition) is 3. The Labute approximate surface area is 95.9 Å². The summed E-state index contributed by atoms with van der Waals surface area (Å²) in [7, 11) is 0. The molecule has 3 nitrogen and oxygen atoms in total. The van der Waals surface area contributed by atoms with Crippen LogP contribution in [0.5, 0.6) is 5.75 Å². The molecular weight excluding hydrogens is 200 g/mol. The Hall–Kier alpha value is -1.06. The molecule has 86 valence electrons. The normalized spacial score (nSPS) is 22.4. The van der Waals surface area contributed by atoms with Crippen LogP contribution in [0.2, 0.25) is 0 Å². The first-order chi connectivity index (χ1) is 7.73. The third-order valence-electron chi connectivity index (χ3n) is 3.95. The van der Waals surface area contributed by atoms with Crippen LogP contribution in [-0.2, 0) is 6.42 Å². The van der Waals surface area contributed by atoms with Gasteiger partial charge in [-0.2, -0.15) is 0 Å². The average Bonchev–Trinajstić information content (AvgIpc) is 2.86. The van der Waals surface area contributed by atoms with E-state index in [2.05, 4.69) is 30.5 Å². The van der Waals surface area contributed by atoms with Crippen molar-refractivity contribution >= 4 is 0 Å². The predicted molar refractivity (Wildman–Crippen MR) is 63.0 cm³/mol. The Morgan fingerprint density at radius 2 is 2.25 bits per heavy atom. The van der Waals surface area contributed by atoms with E-state index in [4.69, 9.17) is 10.6 Å². The highest BCUT2D eigenvalue weighted by Gasteiger charge is 2.45. The van der Waals surface area contributed by atoms with Gasteiger partial charge in [0, 0.05) is 6.42 Å². The van der Waals surface area contributed by atoms with Crippen molar-refractivity contribution in [2.24, 2.45) is 11.3 Å². The van der Waals surface area contributed by atoms with Crippen LogP contribution in [-0.4, -0.2) is 6.61 Å². The Morgan fingerprint density at radius 1 is 1.44 bits per heavy atom. The van der Waals surface area contributed by atoms with E-state index < -0.39 is 0 Å². The molecule has 0 radical (unpaired) electrons. The summed E-state index contributed by atoms with van der Waals surface area (Å²) in [5.41, 5.74) is 5.94. The molecule has 0 amide bonds. The van der Waals surface area contributed by atoms with E-state index in [-0.39, 0.29) is 6.04 Å². The minimum atomic E-state index is 0.276. The van der Waals surface area contributed by atoms with Crippen LogP contribution in [0.15, 0.2) is 18.2 Å². The van der Waals surface area contributed by atoms with Gasteiger partial charge in [0.05, 0.1) is 12.6 Å². The SMILES string of the molecule is CC1(C(NN)c2ccc3c(c2)CCO3)CC1. The number of fused-ring (bicyclic) bond motifs is 1. The third kappa shape index (κ3) is 1.51. The van der Waals surface area contributed by atoms with E-state index >= 15 is 0 Å². The standard InChI is InChI=1S/C13H18N2O/c1-13(5-6-13)12(15-14)10-2-3-11-9(8-10)4-7-16-11/h2-3,8,12,15H,4-7,14H2,1H3. The van der Waals surface area contributed by atoms with Crippen LogP contribution < -0.4 is 16.0 Å². The highest BCUT2D eigenvalue weighted by molar-refractivity contribution is 5.41. The number of nitrogens with one attached hydrogen (secondary N) is 1. The molecule has 16 heavy (non-hydrogen) atoms. The lowest BCUT2D eigenvalue weighted by Gasteiger charge is -2.23. The highest BCUT2D eigenvalue weighted by atomic mass is 16.5. The second-order valence-corrected chi connectivity index (χ2v) is 5.22. The predicted octanol–water partition coefficient (Wildman–Crippen LogP) is 1.93. The molecule has 0 spiro atoms. The molecule has 1 unspecified atom stereocenters. The molecule has 1 fully saturated rings. The molecule has 2 aliphatic rings. The number of hydrazine groups is 1. The molecule has 0 bridgehead atoms. The Balaban J connectivity index is 1.93. The molecule has 1 aliphatic carbocycles. The first-order valence-electron chi connectivity index (χ1n) is 5.95. The molecule has 1 aromatic carbocycles. The largest absolute Gasteiger partial charge is 0.493 e. The van der Waals surface area contributed by atoms with Gasteiger partial charge in [-0.25, -0.2) is 0 Å². The summed E-state index contributed by atoms with van der Waals surface area (Å²) in [5.74, 6) is 6.74. The lowest BCUT2D eigenvalue weighted by atomic mass is 9.91. The van der Waals surface area contributed by atoms with Gasteiger partial charge in [0.1, 0.15) is 5.75 Å². The number of benzene rings is 1. The van der Waals surface area contributed by atoms with Crippen molar-refractivity contribution in [3.05, 3.63) is 29.3 Å².